The number of benzene rings is 3. The second kappa shape index (κ2) is 20.4. The van der Waals surface area contributed by atoms with Gasteiger partial charge in [0.2, 0.25) is 0 Å². The van der Waals surface area contributed by atoms with Gasteiger partial charge in [0.15, 0.2) is 17.2 Å². The van der Waals surface area contributed by atoms with Crippen molar-refractivity contribution in [3.05, 3.63) is 54.6 Å². The van der Waals surface area contributed by atoms with Crippen LogP contribution in [0.2, 0.25) is 0 Å². The van der Waals surface area contributed by atoms with Crippen LogP contribution < -0.4 is 45.5 Å². The minimum absolute atomic E-state index is 0.373. The van der Waals surface area contributed by atoms with Gasteiger partial charge in [-0.15, -0.1) is 0 Å². The Bertz CT molecular complexity index is 1240. The Morgan fingerprint density at radius 2 is 0.681 bits per heavy atom. The number of phosphoric acid groups is 1. The molecule has 0 unspecified atom stereocenters. The molecule has 0 saturated heterocycles. The van der Waals surface area contributed by atoms with Crippen molar-refractivity contribution in [3.8, 4) is 17.2 Å². The normalized spacial score (nSPS) is 11.0. The summed E-state index contributed by atoms with van der Waals surface area (Å²) in [7, 11) is -4.35. The second-order valence-corrected chi connectivity index (χ2v) is 12.9. The maximum atomic E-state index is 15.0. The first-order valence-corrected chi connectivity index (χ1v) is 18.9. The van der Waals surface area contributed by atoms with Crippen LogP contribution in [-0.2, 0) is 4.57 Å². The van der Waals surface area contributed by atoms with E-state index < -0.39 is 7.82 Å². The quantitative estimate of drug-likeness (QED) is 0.0515. The van der Waals surface area contributed by atoms with Crippen LogP contribution in [-0.4, -0.2) is 39.3 Å². The van der Waals surface area contributed by atoms with Crippen LogP contribution in [0.1, 0.15) is 80.1 Å². The van der Waals surface area contributed by atoms with Crippen molar-refractivity contribution in [1.29, 1.82) is 0 Å². The maximum Gasteiger partial charge on any atom is 0.647 e. The van der Waals surface area contributed by atoms with Crippen molar-refractivity contribution >= 4 is 41.9 Å². The molecule has 0 radical (unpaired) electrons. The molecule has 0 atom stereocenters. The van der Waals surface area contributed by atoms with Crippen LogP contribution in [0.15, 0.2) is 54.6 Å². The summed E-state index contributed by atoms with van der Waals surface area (Å²) in [4.78, 5) is 0. The molecule has 0 spiro atoms. The maximum absolute atomic E-state index is 15.0. The monoisotopic (exact) mass is 668 g/mol. The van der Waals surface area contributed by atoms with E-state index in [0.717, 1.165) is 75.2 Å². The van der Waals surface area contributed by atoms with Crippen molar-refractivity contribution in [2.24, 2.45) is 0 Å². The summed E-state index contributed by atoms with van der Waals surface area (Å²) in [6, 6.07) is 17.1. The molecule has 0 bridgehead atoms. The number of hydrogen-bond acceptors (Lipinski definition) is 10. The first-order chi connectivity index (χ1) is 22.9. The van der Waals surface area contributed by atoms with Crippen molar-refractivity contribution in [3.63, 3.8) is 0 Å². The number of phosphoric ester groups is 1. The number of nitrogens with one attached hydrogen (secondary N) is 6. The van der Waals surface area contributed by atoms with Gasteiger partial charge in [-0.2, -0.15) is 4.57 Å². The number of anilines is 6. The van der Waals surface area contributed by atoms with Gasteiger partial charge in [-0.05, 0) is 93.1 Å². The molecule has 3 aromatic carbocycles. The fraction of sp³-hybridized carbons (Fsp3) is 0.500. The molecule has 3 aromatic rings. The highest BCUT2D eigenvalue weighted by Crippen LogP contribution is 2.54. The molecule has 0 saturated carbocycles. The fourth-order valence-corrected chi connectivity index (χ4v) is 5.89. The molecule has 3 rings (SSSR count). The lowest BCUT2D eigenvalue weighted by Crippen LogP contribution is -2.13. The average molecular weight is 669 g/mol. The van der Waals surface area contributed by atoms with Crippen LogP contribution in [0.4, 0.5) is 34.1 Å². The first-order valence-electron chi connectivity index (χ1n) is 17.4. The molecule has 6 N–H and O–H groups in total. The van der Waals surface area contributed by atoms with E-state index in [1.54, 1.807) is 18.2 Å². The Labute approximate surface area is 282 Å². The van der Waals surface area contributed by atoms with Gasteiger partial charge >= 0.3 is 7.82 Å². The van der Waals surface area contributed by atoms with Gasteiger partial charge in [0.25, 0.3) is 0 Å². The smallest absolute Gasteiger partial charge is 0.385 e. The molecule has 11 heteroatoms. The van der Waals surface area contributed by atoms with Gasteiger partial charge in [-0.25, -0.2) is 0 Å². The van der Waals surface area contributed by atoms with Crippen LogP contribution >= 0.6 is 7.82 Å². The summed E-state index contributed by atoms with van der Waals surface area (Å²) in [5.41, 5.74) is 4.93. The highest BCUT2D eigenvalue weighted by molar-refractivity contribution is 7.49. The van der Waals surface area contributed by atoms with E-state index in [1.807, 2.05) is 36.4 Å². The van der Waals surface area contributed by atoms with Crippen LogP contribution in [0.5, 0.6) is 17.2 Å². The Balaban J connectivity index is 2.09. The zero-order valence-corrected chi connectivity index (χ0v) is 30.2. The first kappa shape index (κ1) is 37.5. The molecule has 0 aromatic heterocycles. The predicted molar refractivity (Wildman–Crippen MR) is 202 cm³/mol. The summed E-state index contributed by atoms with van der Waals surface area (Å²) in [5.74, 6) is 1.12. The second-order valence-electron chi connectivity index (χ2n) is 11.4. The fourth-order valence-electron chi connectivity index (χ4n) is 4.58. The van der Waals surface area contributed by atoms with E-state index in [9.17, 15) is 4.57 Å². The molecule has 0 aliphatic heterocycles. The third-order valence-electron chi connectivity index (χ3n) is 7.00. The molecule has 0 fully saturated rings. The van der Waals surface area contributed by atoms with E-state index >= 15 is 0 Å². The minimum Gasteiger partial charge on any atom is -0.385 e. The van der Waals surface area contributed by atoms with Crippen molar-refractivity contribution in [2.75, 3.05) is 71.2 Å². The van der Waals surface area contributed by atoms with E-state index in [4.69, 9.17) is 13.6 Å². The zero-order valence-electron chi connectivity index (χ0n) is 29.3. The Morgan fingerprint density at radius 3 is 0.936 bits per heavy atom. The van der Waals surface area contributed by atoms with Gasteiger partial charge in [0, 0.05) is 56.3 Å². The largest absolute Gasteiger partial charge is 0.647 e. The molecule has 0 aliphatic rings. The minimum atomic E-state index is -4.35. The molecule has 47 heavy (non-hydrogen) atoms. The number of rotatable bonds is 24. The highest BCUT2D eigenvalue weighted by Gasteiger charge is 2.36. The predicted octanol–water partition coefficient (Wildman–Crippen LogP) is 10.3. The van der Waals surface area contributed by atoms with Crippen LogP contribution in [0.3, 0.4) is 0 Å². The summed E-state index contributed by atoms with van der Waals surface area (Å²) in [5, 5.41) is 20.5. The molecule has 0 aliphatic carbocycles. The van der Waals surface area contributed by atoms with E-state index in [0.29, 0.717) is 53.9 Å². The molecular formula is C36H57N6O4P. The summed E-state index contributed by atoms with van der Waals surface area (Å²) in [6.45, 7) is 17.3. The van der Waals surface area contributed by atoms with Crippen molar-refractivity contribution in [2.45, 2.75) is 80.1 Å². The van der Waals surface area contributed by atoms with Crippen LogP contribution in [0, 0.1) is 0 Å². The SMILES string of the molecule is CCCNc1ccc(OP(=O)(Oc2ccc(NCCC)cc2NCCC)Oc2ccc(NCCC)cc2NCCC)c(NCCC)c1. The third kappa shape index (κ3) is 12.3. The molecule has 0 amide bonds. The topological polar surface area (TPSA) is 117 Å². The lowest BCUT2D eigenvalue weighted by molar-refractivity contribution is 0.299. The Hall–Kier alpha value is -3.91. The van der Waals surface area contributed by atoms with E-state index in [2.05, 4.69) is 73.4 Å². The van der Waals surface area contributed by atoms with Crippen molar-refractivity contribution in [1.82, 2.24) is 0 Å². The third-order valence-corrected chi connectivity index (χ3v) is 8.26. The lowest BCUT2D eigenvalue weighted by Gasteiger charge is -2.24. The van der Waals surface area contributed by atoms with E-state index in [-0.39, 0.29) is 0 Å². The van der Waals surface area contributed by atoms with Gasteiger partial charge in [0.05, 0.1) is 17.1 Å². The molecule has 260 valence electrons. The highest BCUT2D eigenvalue weighted by atomic mass is 31.2. The average Bonchev–Trinajstić information content (AvgIpc) is 3.08. The van der Waals surface area contributed by atoms with Gasteiger partial charge < -0.3 is 45.5 Å². The Morgan fingerprint density at radius 1 is 0.426 bits per heavy atom. The Kier molecular flexibility index (Phi) is 16.3. The summed E-state index contributed by atoms with van der Waals surface area (Å²) >= 11 is 0. The van der Waals surface area contributed by atoms with Crippen molar-refractivity contribution < 1.29 is 18.1 Å². The van der Waals surface area contributed by atoms with Gasteiger partial charge in [-0.3, -0.25) is 0 Å². The molecular weight excluding hydrogens is 611 g/mol. The summed E-state index contributed by atoms with van der Waals surface area (Å²) in [6.07, 6.45) is 5.71. The summed E-state index contributed by atoms with van der Waals surface area (Å²) < 4.78 is 34.0. The van der Waals surface area contributed by atoms with Crippen LogP contribution in [0.25, 0.3) is 0 Å². The van der Waals surface area contributed by atoms with Gasteiger partial charge in [-0.1, -0.05) is 41.5 Å². The van der Waals surface area contributed by atoms with E-state index in [1.165, 1.54) is 0 Å². The molecule has 0 heterocycles. The number of hydrogen-bond donors (Lipinski definition) is 6. The molecule has 10 nitrogen and oxygen atoms in total. The standard InChI is InChI=1S/C36H57N6O4P/c1-7-19-37-28-13-16-34(31(25-28)40-22-10-4)44-47(43,45-35-17-14-29(38-20-8-2)26-32(35)41-23-11-5)46-36-18-15-30(39-21-9-3)27-33(36)42-24-12-6/h13-18,25-27,37-42H,7-12,19-24H2,1-6H3. The lowest BCUT2D eigenvalue weighted by atomic mass is 10.2. The van der Waals surface area contributed by atoms with Gasteiger partial charge in [0.1, 0.15) is 0 Å². The zero-order chi connectivity index (χ0) is 33.9.